The summed E-state index contributed by atoms with van der Waals surface area (Å²) in [5, 5.41) is 4.99. The van der Waals surface area contributed by atoms with Crippen molar-refractivity contribution in [2.45, 2.75) is 5.92 Å². The minimum absolute atomic E-state index is 0.0503. The van der Waals surface area contributed by atoms with E-state index in [0.717, 1.165) is 51.0 Å². The van der Waals surface area contributed by atoms with Gasteiger partial charge in [0.2, 0.25) is 0 Å². The first-order chi connectivity index (χ1) is 26.3. The molecule has 1 atom stereocenters. The zero-order valence-corrected chi connectivity index (χ0v) is 28.6. The van der Waals surface area contributed by atoms with Gasteiger partial charge in [0.15, 0.2) is 11.5 Å². The molecule has 12 rings (SSSR count). The summed E-state index contributed by atoms with van der Waals surface area (Å²) >= 11 is 0. The second-order valence-corrected chi connectivity index (χ2v) is 14.0. The van der Waals surface area contributed by atoms with E-state index >= 15 is 0 Å². The molecule has 8 aromatic carbocycles. The van der Waals surface area contributed by atoms with Crippen LogP contribution in [0.1, 0.15) is 22.6 Å². The molecule has 0 bridgehead atoms. The number of para-hydroxylation sites is 7. The molecule has 53 heavy (non-hydrogen) atoms. The molecule has 0 N–H and O–H groups in total. The van der Waals surface area contributed by atoms with Gasteiger partial charge in [-0.25, -0.2) is 0 Å². The topological polar surface area (TPSA) is 22.3 Å². The minimum Gasteiger partial charge on any atom is -0.452 e. The van der Waals surface area contributed by atoms with Crippen LogP contribution < -0.4 is 9.64 Å². The number of anilines is 3. The normalized spacial score (nSPS) is 14.0. The van der Waals surface area contributed by atoms with Crippen molar-refractivity contribution in [1.82, 2.24) is 9.13 Å². The van der Waals surface area contributed by atoms with Gasteiger partial charge in [-0.2, -0.15) is 0 Å². The van der Waals surface area contributed by atoms with Crippen molar-refractivity contribution in [2.75, 3.05) is 4.90 Å². The SMILES string of the molecule is c1ccc(N(c2ccccc2)c2ccc3c4c2Oc2c(cccc2-n2c5ccccc5c5ccccc52)C4c2cccc4c5ccccc5n-3c24)cc1. The van der Waals surface area contributed by atoms with Crippen molar-refractivity contribution in [3.8, 4) is 22.9 Å². The first-order valence-corrected chi connectivity index (χ1v) is 18.2. The molecule has 0 amide bonds. The Bertz CT molecular complexity index is 3010. The molecule has 0 saturated carbocycles. The summed E-state index contributed by atoms with van der Waals surface area (Å²) in [4.78, 5) is 2.34. The van der Waals surface area contributed by atoms with Crippen LogP contribution in [0.3, 0.4) is 0 Å². The average molecular weight is 678 g/mol. The smallest absolute Gasteiger partial charge is 0.157 e. The standard InChI is InChI=1S/C49H31N3O/c1-3-15-31(16-4-1)50(32-17-5-2-6-18-32)44-30-29-42-46-45(37-23-13-22-36-35-21-9-12-27-41(35)52(42)47(36)37)38-24-14-28-43(48(38)53-49(44)46)51-39-25-10-7-19-33(39)34-20-8-11-26-40(34)51/h1-30,45H. The molecule has 2 aromatic heterocycles. The van der Waals surface area contributed by atoms with E-state index in [1.807, 2.05) is 0 Å². The number of fused-ring (bicyclic) bond motifs is 10. The number of hydrogen-bond donors (Lipinski definition) is 0. The van der Waals surface area contributed by atoms with Crippen LogP contribution in [0.5, 0.6) is 11.5 Å². The molecule has 4 nitrogen and oxygen atoms in total. The van der Waals surface area contributed by atoms with Gasteiger partial charge < -0.3 is 18.8 Å². The van der Waals surface area contributed by atoms with Gasteiger partial charge in [-0.05, 0) is 66.2 Å². The Labute approximate surface area is 306 Å². The quantitative estimate of drug-likeness (QED) is 0.185. The molecule has 4 heterocycles. The molecule has 1 unspecified atom stereocenters. The summed E-state index contributed by atoms with van der Waals surface area (Å²) in [6.45, 7) is 0. The third-order valence-corrected chi connectivity index (χ3v) is 11.3. The molecule has 0 saturated heterocycles. The lowest BCUT2D eigenvalue weighted by Gasteiger charge is -2.38. The van der Waals surface area contributed by atoms with Crippen LogP contribution in [0.2, 0.25) is 0 Å². The van der Waals surface area contributed by atoms with Crippen molar-refractivity contribution < 1.29 is 4.74 Å². The highest BCUT2D eigenvalue weighted by Crippen LogP contribution is 2.60. The molecular weight excluding hydrogens is 647 g/mol. The van der Waals surface area contributed by atoms with Crippen molar-refractivity contribution >= 4 is 60.7 Å². The summed E-state index contributed by atoms with van der Waals surface area (Å²) in [6.07, 6.45) is 0. The molecular formula is C49H31N3O. The van der Waals surface area contributed by atoms with E-state index in [-0.39, 0.29) is 5.92 Å². The Morgan fingerprint density at radius 2 is 0.925 bits per heavy atom. The molecule has 0 spiro atoms. The second kappa shape index (κ2) is 10.7. The van der Waals surface area contributed by atoms with Crippen LogP contribution in [0.15, 0.2) is 182 Å². The van der Waals surface area contributed by atoms with Crippen molar-refractivity contribution in [3.63, 3.8) is 0 Å². The van der Waals surface area contributed by atoms with E-state index in [2.05, 4.69) is 196 Å². The predicted octanol–water partition coefficient (Wildman–Crippen LogP) is 12.9. The zero-order valence-electron chi connectivity index (χ0n) is 28.6. The highest BCUT2D eigenvalue weighted by Gasteiger charge is 2.41. The van der Waals surface area contributed by atoms with Gasteiger partial charge >= 0.3 is 0 Å². The van der Waals surface area contributed by atoms with Gasteiger partial charge in [0.1, 0.15) is 0 Å². The Kier molecular flexibility index (Phi) is 5.80. The van der Waals surface area contributed by atoms with E-state index in [0.29, 0.717) is 0 Å². The maximum Gasteiger partial charge on any atom is 0.157 e. The highest BCUT2D eigenvalue weighted by molar-refractivity contribution is 6.12. The van der Waals surface area contributed by atoms with Crippen molar-refractivity contribution in [3.05, 3.63) is 199 Å². The van der Waals surface area contributed by atoms with Gasteiger partial charge in [0.25, 0.3) is 0 Å². The molecule has 2 aliphatic rings. The summed E-state index contributed by atoms with van der Waals surface area (Å²) in [5.74, 6) is 1.71. The van der Waals surface area contributed by atoms with Crippen molar-refractivity contribution in [2.24, 2.45) is 0 Å². The number of benzene rings is 8. The number of ether oxygens (including phenoxy) is 1. The maximum atomic E-state index is 7.56. The first kappa shape index (κ1) is 28.6. The summed E-state index contributed by atoms with van der Waals surface area (Å²) < 4.78 is 12.4. The molecule has 0 aliphatic carbocycles. The van der Waals surface area contributed by atoms with Crippen LogP contribution in [0.25, 0.3) is 55.0 Å². The Hall–Kier alpha value is -7.04. The third-order valence-electron chi connectivity index (χ3n) is 11.3. The number of rotatable bonds is 4. The highest BCUT2D eigenvalue weighted by atomic mass is 16.5. The predicted molar refractivity (Wildman–Crippen MR) is 217 cm³/mol. The Balaban J connectivity index is 1.22. The monoisotopic (exact) mass is 677 g/mol. The van der Waals surface area contributed by atoms with E-state index < -0.39 is 0 Å². The van der Waals surface area contributed by atoms with Gasteiger partial charge in [-0.1, -0.05) is 121 Å². The lowest BCUT2D eigenvalue weighted by atomic mass is 9.78. The maximum absolute atomic E-state index is 7.56. The van der Waals surface area contributed by atoms with Crippen LogP contribution in [-0.2, 0) is 0 Å². The van der Waals surface area contributed by atoms with Crippen LogP contribution in [-0.4, -0.2) is 9.13 Å². The molecule has 248 valence electrons. The van der Waals surface area contributed by atoms with E-state index in [1.54, 1.807) is 0 Å². The fourth-order valence-electron chi connectivity index (χ4n) is 9.26. The van der Waals surface area contributed by atoms with Gasteiger partial charge in [0, 0.05) is 50.0 Å². The first-order valence-electron chi connectivity index (χ1n) is 18.2. The number of nitrogens with zero attached hydrogens (tertiary/aromatic N) is 3. The molecule has 4 heteroatoms. The molecule has 0 fully saturated rings. The lowest BCUT2D eigenvalue weighted by Crippen LogP contribution is -2.22. The number of hydrogen-bond acceptors (Lipinski definition) is 2. The largest absolute Gasteiger partial charge is 0.452 e. The van der Waals surface area contributed by atoms with Crippen LogP contribution >= 0.6 is 0 Å². The minimum atomic E-state index is -0.0503. The van der Waals surface area contributed by atoms with Gasteiger partial charge in [-0.3, -0.25) is 0 Å². The fraction of sp³-hybridized carbons (Fsp3) is 0.0204. The third kappa shape index (κ3) is 3.84. The molecule has 10 aromatic rings. The van der Waals surface area contributed by atoms with Gasteiger partial charge in [-0.15, -0.1) is 0 Å². The Morgan fingerprint density at radius 1 is 0.396 bits per heavy atom. The lowest BCUT2D eigenvalue weighted by molar-refractivity contribution is 0.451. The van der Waals surface area contributed by atoms with Crippen LogP contribution in [0.4, 0.5) is 17.1 Å². The zero-order chi connectivity index (χ0) is 34.6. The second-order valence-electron chi connectivity index (χ2n) is 14.0. The van der Waals surface area contributed by atoms with E-state index in [9.17, 15) is 0 Å². The Morgan fingerprint density at radius 3 is 1.58 bits per heavy atom. The van der Waals surface area contributed by atoms with E-state index in [1.165, 1.54) is 49.3 Å². The van der Waals surface area contributed by atoms with Gasteiger partial charge in [0.05, 0.1) is 39.1 Å². The van der Waals surface area contributed by atoms with Crippen molar-refractivity contribution in [1.29, 1.82) is 0 Å². The molecule has 0 radical (unpaired) electrons. The van der Waals surface area contributed by atoms with E-state index in [4.69, 9.17) is 4.74 Å². The number of aromatic nitrogens is 2. The van der Waals surface area contributed by atoms with Crippen LogP contribution in [0, 0.1) is 0 Å². The molecule has 2 aliphatic heterocycles. The summed E-state index contributed by atoms with van der Waals surface area (Å²) in [7, 11) is 0. The summed E-state index contributed by atoms with van der Waals surface area (Å²) in [5.41, 5.74) is 13.8. The summed E-state index contributed by atoms with van der Waals surface area (Å²) in [6, 6.07) is 65.6. The average Bonchev–Trinajstić information content (AvgIpc) is 3.74. The fourth-order valence-corrected chi connectivity index (χ4v) is 9.26.